The zero-order chi connectivity index (χ0) is 17.6. The van der Waals surface area contributed by atoms with E-state index in [-0.39, 0.29) is 11.3 Å². The monoisotopic (exact) mass is 373 g/mol. The van der Waals surface area contributed by atoms with Crippen molar-refractivity contribution in [2.75, 3.05) is 11.1 Å². The van der Waals surface area contributed by atoms with Crippen LogP contribution in [0.4, 0.5) is 5.00 Å². The molecule has 132 valence electrons. The summed E-state index contributed by atoms with van der Waals surface area (Å²) in [7, 11) is 0. The highest BCUT2D eigenvalue weighted by Gasteiger charge is 2.24. The smallest absolute Gasteiger partial charge is 0.230 e. The number of amidine groups is 1. The highest BCUT2D eigenvalue weighted by Crippen LogP contribution is 2.43. The number of nitrogens with zero attached hydrogens (tertiary/aromatic N) is 1. The number of thiophene rings is 1. The maximum atomic E-state index is 12.2. The second kappa shape index (κ2) is 8.54. The van der Waals surface area contributed by atoms with Crippen molar-refractivity contribution in [3.05, 3.63) is 52.4 Å². The number of fused-ring (bicyclic) bond motifs is 1. The van der Waals surface area contributed by atoms with Crippen LogP contribution in [0.25, 0.3) is 0 Å². The predicted octanol–water partition coefficient (Wildman–Crippen LogP) is 4.59. The third-order valence-corrected chi connectivity index (χ3v) is 6.31. The molecule has 1 unspecified atom stereocenters. The Balaban J connectivity index is 1.59. The Morgan fingerprint density at radius 1 is 1.28 bits per heavy atom. The number of hydrogen-bond acceptors (Lipinski definition) is 5. The zero-order valence-electron chi connectivity index (χ0n) is 14.5. The van der Waals surface area contributed by atoms with Gasteiger partial charge in [-0.3, -0.25) is 9.79 Å². The van der Waals surface area contributed by atoms with Gasteiger partial charge in [0, 0.05) is 23.4 Å². The molecule has 4 nitrogen and oxygen atoms in total. The summed E-state index contributed by atoms with van der Waals surface area (Å²) in [6.07, 6.45) is 1.89. The SMILES string of the molecule is CCC1=NC(SCC(=O)NCc2ccccc2)c2cc(CC)sc2N1. The van der Waals surface area contributed by atoms with Crippen molar-refractivity contribution in [1.29, 1.82) is 0 Å². The van der Waals surface area contributed by atoms with Crippen molar-refractivity contribution in [3.8, 4) is 0 Å². The first kappa shape index (κ1) is 18.0. The molecule has 1 aliphatic rings. The molecule has 2 aromatic rings. The number of aryl methyl sites for hydroxylation is 1. The van der Waals surface area contributed by atoms with Crippen molar-refractivity contribution < 1.29 is 4.79 Å². The fourth-order valence-electron chi connectivity index (χ4n) is 2.60. The largest absolute Gasteiger partial charge is 0.351 e. The molecule has 0 saturated carbocycles. The van der Waals surface area contributed by atoms with Gasteiger partial charge >= 0.3 is 0 Å². The quantitative estimate of drug-likeness (QED) is 0.746. The molecule has 1 atom stereocenters. The average Bonchev–Trinajstić information content (AvgIpc) is 3.08. The first-order chi connectivity index (χ1) is 12.2. The minimum Gasteiger partial charge on any atom is -0.351 e. The van der Waals surface area contributed by atoms with Crippen LogP contribution in [0.5, 0.6) is 0 Å². The molecule has 1 aromatic heterocycles. The fourth-order valence-corrected chi connectivity index (χ4v) is 4.70. The standard InChI is InChI=1S/C19H23N3OS2/c1-3-14-10-15-18(21-16(4-2)22-19(15)25-14)24-12-17(23)20-11-13-8-6-5-7-9-13/h5-10,18H,3-4,11-12H2,1-2H3,(H,20,23)(H,21,22). The van der Waals surface area contributed by atoms with Crippen LogP contribution in [0.1, 0.15) is 41.6 Å². The van der Waals surface area contributed by atoms with Crippen molar-refractivity contribution in [2.24, 2.45) is 4.99 Å². The molecular formula is C19H23N3OS2. The number of benzene rings is 1. The van der Waals surface area contributed by atoms with E-state index in [1.165, 1.54) is 15.4 Å². The van der Waals surface area contributed by atoms with Gasteiger partial charge in [0.15, 0.2) is 0 Å². The summed E-state index contributed by atoms with van der Waals surface area (Å²) in [5.41, 5.74) is 2.32. The highest BCUT2D eigenvalue weighted by atomic mass is 32.2. The Morgan fingerprint density at radius 3 is 2.80 bits per heavy atom. The molecule has 0 radical (unpaired) electrons. The van der Waals surface area contributed by atoms with Crippen LogP contribution in [0.3, 0.4) is 0 Å². The summed E-state index contributed by atoms with van der Waals surface area (Å²) in [6, 6.07) is 12.2. The van der Waals surface area contributed by atoms with Gasteiger partial charge in [0.25, 0.3) is 0 Å². The van der Waals surface area contributed by atoms with E-state index in [2.05, 4.69) is 30.5 Å². The molecule has 25 heavy (non-hydrogen) atoms. The summed E-state index contributed by atoms with van der Waals surface area (Å²) in [4.78, 5) is 18.3. The molecule has 1 amide bonds. The van der Waals surface area contributed by atoms with E-state index in [1.54, 1.807) is 23.1 Å². The molecule has 1 aliphatic heterocycles. The fraction of sp³-hybridized carbons (Fsp3) is 0.368. The van der Waals surface area contributed by atoms with Gasteiger partial charge in [-0.2, -0.15) is 0 Å². The van der Waals surface area contributed by atoms with Crippen molar-refractivity contribution in [1.82, 2.24) is 5.32 Å². The van der Waals surface area contributed by atoms with Gasteiger partial charge in [-0.15, -0.1) is 23.1 Å². The van der Waals surface area contributed by atoms with Crippen LogP contribution in [-0.4, -0.2) is 17.5 Å². The van der Waals surface area contributed by atoms with Gasteiger partial charge in [-0.1, -0.05) is 44.2 Å². The number of amides is 1. The minimum absolute atomic E-state index is 0.00484. The second-order valence-electron chi connectivity index (χ2n) is 5.83. The Labute approximate surface area is 157 Å². The molecule has 2 N–H and O–H groups in total. The van der Waals surface area contributed by atoms with E-state index < -0.39 is 0 Å². The summed E-state index contributed by atoms with van der Waals surface area (Å²) >= 11 is 3.39. The molecule has 0 spiro atoms. The van der Waals surface area contributed by atoms with Crippen molar-refractivity contribution in [2.45, 2.75) is 38.6 Å². The lowest BCUT2D eigenvalue weighted by molar-refractivity contribution is -0.118. The van der Waals surface area contributed by atoms with Crippen LogP contribution in [0.15, 0.2) is 41.4 Å². The van der Waals surface area contributed by atoms with Crippen molar-refractivity contribution >= 4 is 39.8 Å². The van der Waals surface area contributed by atoms with Gasteiger partial charge in [0.2, 0.25) is 5.91 Å². The number of thioether (sulfide) groups is 1. The van der Waals surface area contributed by atoms with Crippen molar-refractivity contribution in [3.63, 3.8) is 0 Å². The van der Waals surface area contributed by atoms with E-state index in [4.69, 9.17) is 4.99 Å². The maximum Gasteiger partial charge on any atom is 0.230 e. The topological polar surface area (TPSA) is 53.5 Å². The Bertz CT molecular complexity index is 755. The lowest BCUT2D eigenvalue weighted by Gasteiger charge is -2.21. The van der Waals surface area contributed by atoms with Crippen LogP contribution in [-0.2, 0) is 17.8 Å². The number of aliphatic imine (C=N–C) groups is 1. The molecular weight excluding hydrogens is 350 g/mol. The molecule has 0 saturated heterocycles. The van der Waals surface area contributed by atoms with E-state index >= 15 is 0 Å². The number of hydrogen-bond donors (Lipinski definition) is 2. The number of nitrogens with one attached hydrogen (secondary N) is 2. The summed E-state index contributed by atoms with van der Waals surface area (Å²) in [5.74, 6) is 1.46. The summed E-state index contributed by atoms with van der Waals surface area (Å²) < 4.78 is 0. The number of carbonyl (C=O) groups is 1. The number of carbonyl (C=O) groups excluding carboxylic acids is 1. The molecule has 2 heterocycles. The van der Waals surface area contributed by atoms with E-state index in [0.29, 0.717) is 12.3 Å². The first-order valence-corrected chi connectivity index (χ1v) is 10.4. The summed E-state index contributed by atoms with van der Waals surface area (Å²) in [6.45, 7) is 4.83. The van der Waals surface area contributed by atoms with Crippen LogP contribution < -0.4 is 10.6 Å². The molecule has 0 bridgehead atoms. The van der Waals surface area contributed by atoms with Gasteiger partial charge in [0.05, 0.1) is 5.75 Å². The Kier molecular flexibility index (Phi) is 6.15. The Morgan fingerprint density at radius 2 is 2.08 bits per heavy atom. The average molecular weight is 374 g/mol. The van der Waals surface area contributed by atoms with Crippen LogP contribution >= 0.6 is 23.1 Å². The maximum absolute atomic E-state index is 12.2. The number of anilines is 1. The summed E-state index contributed by atoms with van der Waals surface area (Å²) in [5, 5.41) is 7.59. The first-order valence-electron chi connectivity index (χ1n) is 8.58. The predicted molar refractivity (Wildman–Crippen MR) is 109 cm³/mol. The molecule has 3 rings (SSSR count). The molecule has 6 heteroatoms. The number of rotatable bonds is 7. The normalized spacial score (nSPS) is 15.9. The molecule has 0 aliphatic carbocycles. The van der Waals surface area contributed by atoms with Gasteiger partial charge in [-0.05, 0) is 18.1 Å². The Hall–Kier alpha value is -1.79. The lowest BCUT2D eigenvalue weighted by Crippen LogP contribution is -2.25. The van der Waals surface area contributed by atoms with Gasteiger partial charge in [0.1, 0.15) is 16.2 Å². The second-order valence-corrected chi connectivity index (χ2v) is 8.04. The van der Waals surface area contributed by atoms with E-state index in [9.17, 15) is 4.79 Å². The van der Waals surface area contributed by atoms with E-state index in [0.717, 1.165) is 24.2 Å². The molecule has 1 aromatic carbocycles. The third-order valence-electron chi connectivity index (χ3n) is 4.00. The minimum atomic E-state index is 0.00484. The molecule has 0 fully saturated rings. The van der Waals surface area contributed by atoms with E-state index in [1.807, 2.05) is 30.3 Å². The van der Waals surface area contributed by atoms with Crippen LogP contribution in [0.2, 0.25) is 0 Å². The highest BCUT2D eigenvalue weighted by molar-refractivity contribution is 8.00. The van der Waals surface area contributed by atoms with Gasteiger partial charge < -0.3 is 10.6 Å². The third kappa shape index (κ3) is 4.64. The lowest BCUT2D eigenvalue weighted by atomic mass is 10.2. The zero-order valence-corrected chi connectivity index (χ0v) is 16.2. The van der Waals surface area contributed by atoms with Gasteiger partial charge in [-0.25, -0.2) is 0 Å². The van der Waals surface area contributed by atoms with Crippen LogP contribution in [0, 0.1) is 0 Å².